The third kappa shape index (κ3) is 18.0. The average Bonchev–Trinajstić information content (AvgIpc) is 1.67. The molecule has 4 bridgehead atoms. The molecule has 6 heterocycles. The molecule has 4 N–H and O–H groups in total. The minimum Gasteiger partial charge on any atom is -0.548 e. The van der Waals surface area contributed by atoms with Crippen molar-refractivity contribution in [2.45, 2.75) is 218 Å². The van der Waals surface area contributed by atoms with Crippen molar-refractivity contribution in [3.05, 3.63) is 144 Å². The Balaban J connectivity index is 0.000000161. The van der Waals surface area contributed by atoms with Crippen LogP contribution in [0.3, 0.4) is 0 Å². The van der Waals surface area contributed by atoms with E-state index in [9.17, 15) is 33.9 Å². The predicted molar refractivity (Wildman–Crippen MR) is 388 cm³/mol. The number of halogens is 1. The molecular weight excluding hydrogens is 1330 g/mol. The molecule has 3 unspecified atom stereocenters. The standard InChI is InChI=1S/C36H46BN3O7.C22H24N2O6.C14H24BNO2.C6H13N.ClH/c1-35(2)27-19-29(35)36(3)30(20-27)46-37(47-36)31-15-10-17-39(31)32(41)22-40(34(43)45-24-26-13-8-5-9-14-26)28-16-18-38(21-28)33(42)44-23-25-11-6-4-7-12-25;25-20(26)14-24(22(28)30-16-18-9-5-2-6-10-18)19-11-12-23(13-19)21(27)29-15-17-7-3-1-4-8-17;1-13(2)9-7-10(13)14(3)11(8-9)17-15(18-14)12-5-4-6-16-12;7-6-4-2-1-3-5-6;/h4-9,11-14,27-31H,10,15-24H2,1-3H3;1-10,19H,11-16H2,(H,25,26);9-12,16H,4-8H2,1-3H3;6H,1-5,7H2;1H/t27-,28?,29-,30+,31?,36-;19-;9-,10-,11+,12?,14-;;/m010../s1. The van der Waals surface area contributed by atoms with E-state index in [1.807, 2.05) is 114 Å². The second-order valence-corrected chi connectivity index (χ2v) is 31.7. The van der Waals surface area contributed by atoms with E-state index in [1.54, 1.807) is 17.0 Å². The number of carboxylic acids is 1. The van der Waals surface area contributed by atoms with Crippen LogP contribution in [0.25, 0.3) is 0 Å². The summed E-state index contributed by atoms with van der Waals surface area (Å²) in [7, 11) is -0.482. The molecule has 5 amide bonds. The largest absolute Gasteiger partial charge is 0.548 e. The van der Waals surface area contributed by atoms with Crippen LogP contribution in [0.5, 0.6) is 0 Å². The molecule has 13 aliphatic rings. The van der Waals surface area contributed by atoms with E-state index in [1.165, 1.54) is 74.0 Å². The summed E-state index contributed by atoms with van der Waals surface area (Å²) in [6.07, 6.45) is 14.9. The summed E-state index contributed by atoms with van der Waals surface area (Å²) in [5.41, 5.74) is 7.71. The highest BCUT2D eigenvalue weighted by molar-refractivity contribution is 6.48. The summed E-state index contributed by atoms with van der Waals surface area (Å²) in [6.45, 7) is 16.6. The number of amides is 5. The van der Waals surface area contributed by atoms with E-state index in [4.69, 9.17) is 37.6 Å². The van der Waals surface area contributed by atoms with Crippen molar-refractivity contribution >= 4 is 62.9 Å². The van der Waals surface area contributed by atoms with Gasteiger partial charge in [-0.2, -0.15) is 0 Å². The highest BCUT2D eigenvalue weighted by Gasteiger charge is 2.70. The maximum Gasteiger partial charge on any atom is 0.481 e. The van der Waals surface area contributed by atoms with Gasteiger partial charge in [-0.3, -0.25) is 14.6 Å². The Kier molecular flexibility index (Phi) is 25.6. The summed E-state index contributed by atoms with van der Waals surface area (Å²) < 4.78 is 47.9. The Hall–Kier alpha value is -6.92. The number of carboxylic acid groups (broad SMARTS) is 1. The van der Waals surface area contributed by atoms with Gasteiger partial charge in [-0.1, -0.05) is 155 Å². The SMILES string of the molecule is CC1(C)[C@@H]2C[C@H]3OB(C4CCCN4)O[C@@]3(C)[C@H]1C2.CC1(C)[C@@H]2C[C@H]3OB(C4CCCN4C(=O)CN(C(=O)OCc4ccccc4)C4CCN(C(=O)OCc5ccccc5)C4)O[C@@]3(C)[C@H]1C2.Cl.O=C([O-])CN(C(=O)OCc1ccccc1)[C@@H]1CCN(C(=O)OCc2ccccc2)C1.[NH3+]C1CCCCC1. The lowest BCUT2D eigenvalue weighted by Gasteiger charge is -2.64. The first-order chi connectivity index (χ1) is 49.1. The summed E-state index contributed by atoms with van der Waals surface area (Å²) >= 11 is 0. The lowest BCUT2D eigenvalue weighted by Crippen LogP contribution is -2.65. The Labute approximate surface area is 615 Å². The molecule has 0 spiro atoms. The molecular formula is C78H108B2ClN7O15. The molecule has 22 nitrogen and oxygen atoms in total. The second-order valence-electron chi connectivity index (χ2n) is 31.7. The van der Waals surface area contributed by atoms with Gasteiger partial charge in [0.05, 0.1) is 60.0 Å². The molecule has 0 radical (unpaired) electrons. The number of nitrogens with zero attached hydrogens (tertiary/aromatic N) is 5. The van der Waals surface area contributed by atoms with Crippen LogP contribution in [0, 0.1) is 34.5 Å². The van der Waals surface area contributed by atoms with Crippen molar-refractivity contribution in [2.24, 2.45) is 34.5 Å². The van der Waals surface area contributed by atoms with Crippen LogP contribution < -0.4 is 16.2 Å². The summed E-state index contributed by atoms with van der Waals surface area (Å²) in [6, 6.07) is 37.3. The number of likely N-dealkylation sites (tertiary alicyclic amines) is 3. The van der Waals surface area contributed by atoms with Crippen LogP contribution in [0.2, 0.25) is 0 Å². The smallest absolute Gasteiger partial charge is 0.481 e. The van der Waals surface area contributed by atoms with E-state index in [2.05, 4.69) is 52.6 Å². The fraction of sp³-hybridized carbons (Fsp3) is 0.615. The summed E-state index contributed by atoms with van der Waals surface area (Å²) in [5, 5.41) is 14.7. The quantitative estimate of drug-likeness (QED) is 0.0781. The lowest BCUT2D eigenvalue weighted by atomic mass is 9.43. The van der Waals surface area contributed by atoms with Crippen molar-refractivity contribution < 1.29 is 77.2 Å². The fourth-order valence-corrected chi connectivity index (χ4v) is 18.3. The number of benzene rings is 4. The van der Waals surface area contributed by atoms with Crippen molar-refractivity contribution in [1.82, 2.24) is 29.8 Å². The van der Waals surface area contributed by atoms with Gasteiger partial charge in [-0.05, 0) is 167 Å². The Morgan fingerprint density at radius 1 is 0.524 bits per heavy atom. The maximum absolute atomic E-state index is 14.1. The number of rotatable bonds is 16. The van der Waals surface area contributed by atoms with E-state index in [0.717, 1.165) is 64.9 Å². The molecule has 7 saturated carbocycles. The van der Waals surface area contributed by atoms with Gasteiger partial charge in [0.2, 0.25) is 5.91 Å². The Morgan fingerprint density at radius 2 is 0.951 bits per heavy atom. The lowest BCUT2D eigenvalue weighted by molar-refractivity contribution is -0.425. The van der Waals surface area contributed by atoms with Crippen molar-refractivity contribution in [2.75, 3.05) is 52.4 Å². The van der Waals surface area contributed by atoms with Crippen LogP contribution in [-0.2, 0) is 73.6 Å². The molecule has 17 rings (SSSR count). The van der Waals surface area contributed by atoms with Crippen LogP contribution in [0.1, 0.15) is 160 Å². The maximum atomic E-state index is 14.1. The minimum absolute atomic E-state index is 0. The van der Waals surface area contributed by atoms with Crippen molar-refractivity contribution in [3.8, 4) is 0 Å². The fourth-order valence-electron chi connectivity index (χ4n) is 18.3. The van der Waals surface area contributed by atoms with E-state index >= 15 is 0 Å². The van der Waals surface area contributed by atoms with Gasteiger partial charge in [-0.25, -0.2) is 19.2 Å². The Bertz CT molecular complexity index is 3480. The number of quaternary nitrogens is 1. The van der Waals surface area contributed by atoms with E-state index in [0.29, 0.717) is 67.7 Å². The third-order valence-electron chi connectivity index (χ3n) is 24.6. The number of carbonyl (C=O) groups excluding carboxylic acids is 6. The van der Waals surface area contributed by atoms with Gasteiger partial charge < -0.3 is 73.2 Å². The predicted octanol–water partition coefficient (Wildman–Crippen LogP) is 10.1. The molecule has 0 aromatic heterocycles. The van der Waals surface area contributed by atoms with Gasteiger partial charge in [-0.15, -0.1) is 12.4 Å². The van der Waals surface area contributed by atoms with E-state index in [-0.39, 0.29) is 106 Å². The van der Waals surface area contributed by atoms with Crippen molar-refractivity contribution in [1.29, 1.82) is 0 Å². The molecule has 25 heteroatoms. The summed E-state index contributed by atoms with van der Waals surface area (Å²) in [5.74, 6) is 1.27. The van der Waals surface area contributed by atoms with Gasteiger partial charge in [0.15, 0.2) is 0 Å². The topological polar surface area (TPSA) is 255 Å². The first-order valence-electron chi connectivity index (χ1n) is 37.7. The summed E-state index contributed by atoms with van der Waals surface area (Å²) in [4.78, 5) is 84.2. The van der Waals surface area contributed by atoms with Gasteiger partial charge >= 0.3 is 38.6 Å². The number of hydrogen-bond donors (Lipinski definition) is 2. The number of nitrogens with one attached hydrogen (secondary N) is 1. The molecule has 4 aromatic rings. The normalized spacial score (nSPS) is 29.4. The molecule has 558 valence electrons. The van der Waals surface area contributed by atoms with Crippen LogP contribution in [-0.4, -0.2) is 181 Å². The van der Waals surface area contributed by atoms with Gasteiger partial charge in [0.25, 0.3) is 0 Å². The van der Waals surface area contributed by atoms with Crippen LogP contribution >= 0.6 is 12.4 Å². The second kappa shape index (κ2) is 34.1. The zero-order valence-corrected chi connectivity index (χ0v) is 61.9. The Morgan fingerprint density at radius 3 is 1.36 bits per heavy atom. The molecule has 7 aliphatic carbocycles. The molecule has 103 heavy (non-hydrogen) atoms. The number of aliphatic carboxylic acids is 1. The monoisotopic (exact) mass is 1440 g/mol. The minimum atomic E-state index is -1.39. The molecule has 13 fully saturated rings. The number of carbonyl (C=O) groups is 6. The highest BCUT2D eigenvalue weighted by atomic mass is 35.5. The first-order valence-corrected chi connectivity index (χ1v) is 37.7. The molecule has 6 aliphatic heterocycles. The van der Waals surface area contributed by atoms with Gasteiger partial charge in [0.1, 0.15) is 33.0 Å². The molecule has 4 aromatic carbocycles. The third-order valence-corrected chi connectivity index (χ3v) is 24.6. The van der Waals surface area contributed by atoms with E-state index < -0.39 is 50.0 Å². The number of ether oxygens (including phenoxy) is 4. The average molecular weight is 1440 g/mol. The first kappa shape index (κ1) is 77.2. The van der Waals surface area contributed by atoms with Crippen LogP contribution in [0.4, 0.5) is 19.2 Å². The number of hydrogen-bond acceptors (Lipinski definition) is 16. The van der Waals surface area contributed by atoms with Crippen LogP contribution in [0.15, 0.2) is 121 Å². The molecule has 6 saturated heterocycles. The molecule has 12 atom stereocenters. The zero-order valence-electron chi connectivity index (χ0n) is 61.1. The highest BCUT2D eigenvalue weighted by Crippen LogP contribution is 2.67. The van der Waals surface area contributed by atoms with Crippen molar-refractivity contribution in [3.63, 3.8) is 0 Å². The zero-order chi connectivity index (χ0) is 71.8. The van der Waals surface area contributed by atoms with Gasteiger partial charge in [0, 0.05) is 38.7 Å².